The van der Waals surface area contributed by atoms with Gasteiger partial charge in [-0.2, -0.15) is 0 Å². The Balaban J connectivity index is 1.79. The van der Waals surface area contributed by atoms with Gasteiger partial charge in [0.25, 0.3) is 5.56 Å². The molecule has 8 heteroatoms. The molecule has 0 saturated heterocycles. The molecule has 8 nitrogen and oxygen atoms in total. The predicted octanol–water partition coefficient (Wildman–Crippen LogP) is 2.18. The van der Waals surface area contributed by atoms with Crippen LogP contribution in [0.1, 0.15) is 19.4 Å². The highest BCUT2D eigenvalue weighted by atomic mass is 16.2. The summed E-state index contributed by atoms with van der Waals surface area (Å²) >= 11 is 0. The third-order valence-electron chi connectivity index (χ3n) is 5.25. The van der Waals surface area contributed by atoms with Crippen LogP contribution in [0.3, 0.4) is 0 Å². The normalized spacial score (nSPS) is 12.4. The van der Waals surface area contributed by atoms with Crippen molar-refractivity contribution in [2.45, 2.75) is 19.4 Å². The quantitative estimate of drug-likeness (QED) is 0.577. The largest absolute Gasteiger partial charge is 0.332 e. The van der Waals surface area contributed by atoms with Crippen molar-refractivity contribution < 1.29 is 4.79 Å². The van der Waals surface area contributed by atoms with Gasteiger partial charge < -0.3 is 9.88 Å². The van der Waals surface area contributed by atoms with E-state index in [1.165, 1.54) is 17.9 Å². The zero-order valence-corrected chi connectivity index (χ0v) is 16.4. The fourth-order valence-corrected chi connectivity index (χ4v) is 3.66. The molecule has 0 saturated carbocycles. The van der Waals surface area contributed by atoms with E-state index in [9.17, 15) is 14.4 Å². The van der Waals surface area contributed by atoms with E-state index in [0.717, 1.165) is 15.3 Å². The standard InChI is InChI=1S/C21H21N5O3/c1-4-16(19(27)23-15-11-7-9-13-8-5-6-10-14(13)15)26-12-22-18-17(26)20(28)25(3)21(29)24(18)2/h5-12,16H,4H2,1-3H3,(H,23,27)/t16-/m0/s1. The Kier molecular flexibility index (Phi) is 4.54. The van der Waals surface area contributed by atoms with E-state index in [1.807, 2.05) is 49.4 Å². The van der Waals surface area contributed by atoms with E-state index in [4.69, 9.17) is 0 Å². The molecule has 0 fully saturated rings. The van der Waals surface area contributed by atoms with Crippen LogP contribution in [0.5, 0.6) is 0 Å². The number of fused-ring (bicyclic) bond motifs is 2. The molecule has 1 N–H and O–H groups in total. The lowest BCUT2D eigenvalue weighted by Gasteiger charge is -2.18. The maximum Gasteiger partial charge on any atom is 0.332 e. The fraction of sp³-hybridized carbons (Fsp3) is 0.238. The second kappa shape index (κ2) is 7.05. The number of aromatic nitrogens is 4. The van der Waals surface area contributed by atoms with Gasteiger partial charge in [-0.25, -0.2) is 9.78 Å². The lowest BCUT2D eigenvalue weighted by Crippen LogP contribution is -2.38. The summed E-state index contributed by atoms with van der Waals surface area (Å²) in [4.78, 5) is 42.2. The molecule has 148 valence electrons. The van der Waals surface area contributed by atoms with Crippen molar-refractivity contribution in [1.82, 2.24) is 18.7 Å². The van der Waals surface area contributed by atoms with Crippen LogP contribution in [0.4, 0.5) is 5.69 Å². The first kappa shape index (κ1) is 18.7. The van der Waals surface area contributed by atoms with Crippen molar-refractivity contribution in [3.8, 4) is 0 Å². The molecule has 0 aliphatic rings. The second-order valence-electron chi connectivity index (χ2n) is 6.97. The van der Waals surface area contributed by atoms with Gasteiger partial charge in [0, 0.05) is 25.2 Å². The van der Waals surface area contributed by atoms with Crippen molar-refractivity contribution in [1.29, 1.82) is 0 Å². The molecule has 4 rings (SSSR count). The number of amides is 1. The molecule has 0 bridgehead atoms. The Morgan fingerprint density at radius 1 is 1.07 bits per heavy atom. The average molecular weight is 391 g/mol. The van der Waals surface area contributed by atoms with Crippen molar-refractivity contribution >= 4 is 33.5 Å². The molecule has 0 radical (unpaired) electrons. The first-order valence-electron chi connectivity index (χ1n) is 9.35. The third kappa shape index (κ3) is 2.93. The smallest absolute Gasteiger partial charge is 0.324 e. The zero-order valence-electron chi connectivity index (χ0n) is 16.4. The van der Waals surface area contributed by atoms with Crippen LogP contribution in [0, 0.1) is 0 Å². The maximum atomic E-state index is 13.1. The van der Waals surface area contributed by atoms with Crippen LogP contribution < -0.4 is 16.6 Å². The average Bonchev–Trinajstić information content (AvgIpc) is 3.16. The Morgan fingerprint density at radius 3 is 2.55 bits per heavy atom. The Morgan fingerprint density at radius 2 is 1.79 bits per heavy atom. The third-order valence-corrected chi connectivity index (χ3v) is 5.25. The maximum absolute atomic E-state index is 13.1. The van der Waals surface area contributed by atoms with Gasteiger partial charge in [-0.3, -0.25) is 18.7 Å². The van der Waals surface area contributed by atoms with Gasteiger partial charge in [0.1, 0.15) is 6.04 Å². The summed E-state index contributed by atoms with van der Waals surface area (Å²) in [6.07, 6.45) is 1.90. The van der Waals surface area contributed by atoms with E-state index in [1.54, 1.807) is 11.6 Å². The van der Waals surface area contributed by atoms with Gasteiger partial charge >= 0.3 is 5.69 Å². The summed E-state index contributed by atoms with van der Waals surface area (Å²) in [7, 11) is 2.97. The number of aryl methyl sites for hydroxylation is 1. The molecular formula is C21H21N5O3. The Hall–Kier alpha value is -3.68. The number of benzene rings is 2. The summed E-state index contributed by atoms with van der Waals surface area (Å²) in [5, 5.41) is 4.94. The van der Waals surface area contributed by atoms with Crippen LogP contribution >= 0.6 is 0 Å². The number of nitrogens with zero attached hydrogens (tertiary/aromatic N) is 4. The van der Waals surface area contributed by atoms with E-state index in [2.05, 4.69) is 10.3 Å². The molecule has 0 spiro atoms. The molecule has 2 aromatic carbocycles. The summed E-state index contributed by atoms with van der Waals surface area (Å²) in [6.45, 7) is 1.87. The highest BCUT2D eigenvalue weighted by molar-refractivity contribution is 6.03. The molecule has 4 aromatic rings. The Labute approximate surface area is 166 Å². The second-order valence-corrected chi connectivity index (χ2v) is 6.97. The lowest BCUT2D eigenvalue weighted by atomic mass is 10.1. The van der Waals surface area contributed by atoms with Crippen molar-refractivity contribution in [2.75, 3.05) is 5.32 Å². The van der Waals surface area contributed by atoms with Crippen molar-refractivity contribution in [3.05, 3.63) is 69.6 Å². The molecule has 2 aromatic heterocycles. The molecule has 1 amide bonds. The number of hydrogen-bond donors (Lipinski definition) is 1. The summed E-state index contributed by atoms with van der Waals surface area (Å²) in [5.41, 5.74) is 0.262. The number of nitrogens with one attached hydrogen (secondary N) is 1. The molecule has 0 aliphatic carbocycles. The van der Waals surface area contributed by atoms with Gasteiger partial charge in [0.2, 0.25) is 5.91 Å². The predicted molar refractivity (Wildman–Crippen MR) is 112 cm³/mol. The van der Waals surface area contributed by atoms with Crippen molar-refractivity contribution in [3.63, 3.8) is 0 Å². The monoisotopic (exact) mass is 391 g/mol. The van der Waals surface area contributed by atoms with Crippen LogP contribution in [0.25, 0.3) is 21.9 Å². The van der Waals surface area contributed by atoms with E-state index in [-0.39, 0.29) is 17.1 Å². The minimum atomic E-state index is -0.649. The molecule has 2 heterocycles. The van der Waals surface area contributed by atoms with E-state index in [0.29, 0.717) is 12.1 Å². The number of carbonyl (C=O) groups excluding carboxylic acids is 1. The number of carbonyl (C=O) groups is 1. The van der Waals surface area contributed by atoms with Gasteiger partial charge in [-0.1, -0.05) is 43.3 Å². The number of hydrogen-bond acceptors (Lipinski definition) is 4. The lowest BCUT2D eigenvalue weighted by molar-refractivity contribution is -0.119. The van der Waals surface area contributed by atoms with Crippen LogP contribution in [0.15, 0.2) is 58.4 Å². The van der Waals surface area contributed by atoms with Gasteiger partial charge in [0.15, 0.2) is 11.2 Å². The molecule has 1 atom stereocenters. The van der Waals surface area contributed by atoms with Gasteiger partial charge in [-0.05, 0) is 17.9 Å². The number of imidazole rings is 1. The van der Waals surface area contributed by atoms with Crippen LogP contribution in [-0.4, -0.2) is 24.6 Å². The first-order valence-corrected chi connectivity index (χ1v) is 9.35. The highest BCUT2D eigenvalue weighted by Gasteiger charge is 2.24. The fourth-order valence-electron chi connectivity index (χ4n) is 3.66. The minimum Gasteiger partial charge on any atom is -0.324 e. The molecular weight excluding hydrogens is 370 g/mol. The van der Waals surface area contributed by atoms with Gasteiger partial charge in [0.05, 0.1) is 6.33 Å². The van der Waals surface area contributed by atoms with Crippen LogP contribution in [-0.2, 0) is 18.9 Å². The molecule has 29 heavy (non-hydrogen) atoms. The van der Waals surface area contributed by atoms with E-state index >= 15 is 0 Å². The minimum absolute atomic E-state index is 0.231. The number of rotatable bonds is 4. The molecule has 0 aliphatic heterocycles. The first-order chi connectivity index (χ1) is 13.9. The summed E-state index contributed by atoms with van der Waals surface area (Å²) in [6, 6.07) is 12.9. The highest BCUT2D eigenvalue weighted by Crippen LogP contribution is 2.25. The summed E-state index contributed by atoms with van der Waals surface area (Å²) < 4.78 is 3.88. The van der Waals surface area contributed by atoms with Crippen LogP contribution in [0.2, 0.25) is 0 Å². The Bertz CT molecular complexity index is 1360. The van der Waals surface area contributed by atoms with E-state index < -0.39 is 17.3 Å². The SMILES string of the molecule is CC[C@@H](C(=O)Nc1cccc2ccccc12)n1cnc2c1c(=O)n(C)c(=O)n2C. The molecule has 0 unspecified atom stereocenters. The number of anilines is 1. The summed E-state index contributed by atoms with van der Waals surface area (Å²) in [5.74, 6) is -0.251. The van der Waals surface area contributed by atoms with Gasteiger partial charge in [-0.15, -0.1) is 0 Å². The topological polar surface area (TPSA) is 90.9 Å². The van der Waals surface area contributed by atoms with Crippen molar-refractivity contribution in [2.24, 2.45) is 14.1 Å². The zero-order chi connectivity index (χ0) is 20.7.